The van der Waals surface area contributed by atoms with Gasteiger partial charge in [-0.3, -0.25) is 9.89 Å². The molecular formula is C21H26F4IN5O. The van der Waals surface area contributed by atoms with Crippen molar-refractivity contribution in [2.24, 2.45) is 4.99 Å². The molecule has 1 aromatic heterocycles. The van der Waals surface area contributed by atoms with Crippen LogP contribution in [0, 0.1) is 5.82 Å². The molecule has 2 aromatic rings. The van der Waals surface area contributed by atoms with Gasteiger partial charge in [0, 0.05) is 52.0 Å². The van der Waals surface area contributed by atoms with Gasteiger partial charge in [0.2, 0.25) is 5.88 Å². The molecule has 0 spiro atoms. The number of hydrogen-bond acceptors (Lipinski definition) is 4. The molecule has 1 atom stereocenters. The van der Waals surface area contributed by atoms with E-state index < -0.39 is 12.2 Å². The van der Waals surface area contributed by atoms with E-state index in [2.05, 4.69) is 15.3 Å². The van der Waals surface area contributed by atoms with Crippen molar-refractivity contribution >= 4 is 29.9 Å². The van der Waals surface area contributed by atoms with Crippen LogP contribution in [0.5, 0.6) is 11.6 Å². The minimum absolute atomic E-state index is 0. The Hall–Kier alpha value is -2.15. The second-order valence-electron chi connectivity index (χ2n) is 7.20. The number of hydrogen-bond donors (Lipinski definition) is 1. The van der Waals surface area contributed by atoms with Crippen molar-refractivity contribution in [1.82, 2.24) is 20.1 Å². The Morgan fingerprint density at radius 1 is 1.12 bits per heavy atom. The molecule has 1 N–H and O–H groups in total. The number of pyridine rings is 1. The van der Waals surface area contributed by atoms with Gasteiger partial charge in [-0.1, -0.05) is 6.07 Å². The van der Waals surface area contributed by atoms with Crippen LogP contribution in [0.4, 0.5) is 17.6 Å². The normalized spacial score (nSPS) is 16.3. The third-order valence-corrected chi connectivity index (χ3v) is 5.13. The lowest BCUT2D eigenvalue weighted by Gasteiger charge is -2.39. The van der Waals surface area contributed by atoms with Crippen LogP contribution in [0.25, 0.3) is 0 Å². The fourth-order valence-electron chi connectivity index (χ4n) is 3.24. The Bertz CT molecular complexity index is 869. The highest BCUT2D eigenvalue weighted by molar-refractivity contribution is 14.0. The molecule has 0 radical (unpaired) electrons. The van der Waals surface area contributed by atoms with Crippen LogP contribution < -0.4 is 10.1 Å². The van der Waals surface area contributed by atoms with Gasteiger partial charge in [0.15, 0.2) is 5.96 Å². The summed E-state index contributed by atoms with van der Waals surface area (Å²) in [5, 5.41) is 3.22. The van der Waals surface area contributed by atoms with Gasteiger partial charge in [0.25, 0.3) is 0 Å². The second kappa shape index (κ2) is 11.6. The number of guanidine groups is 1. The summed E-state index contributed by atoms with van der Waals surface area (Å²) < 4.78 is 57.3. The van der Waals surface area contributed by atoms with Crippen LogP contribution in [-0.4, -0.2) is 66.2 Å². The lowest BCUT2D eigenvalue weighted by Crippen LogP contribution is -2.56. The number of piperazine rings is 1. The average Bonchev–Trinajstić information content (AvgIpc) is 2.76. The molecule has 176 valence electrons. The predicted molar refractivity (Wildman–Crippen MR) is 125 cm³/mol. The van der Waals surface area contributed by atoms with E-state index in [0.717, 1.165) is 5.56 Å². The molecule has 3 rings (SSSR count). The first-order chi connectivity index (χ1) is 14.8. The molecule has 1 aliphatic rings. The molecule has 0 amide bonds. The maximum atomic E-state index is 13.0. The first kappa shape index (κ1) is 26.1. The average molecular weight is 567 g/mol. The van der Waals surface area contributed by atoms with Crippen LogP contribution in [0.3, 0.4) is 0 Å². The van der Waals surface area contributed by atoms with Crippen LogP contribution in [0.2, 0.25) is 0 Å². The third kappa shape index (κ3) is 7.19. The van der Waals surface area contributed by atoms with Gasteiger partial charge in [0.1, 0.15) is 17.6 Å². The van der Waals surface area contributed by atoms with Gasteiger partial charge in [-0.2, -0.15) is 13.2 Å². The van der Waals surface area contributed by atoms with E-state index in [1.165, 1.54) is 36.1 Å². The molecule has 1 aromatic carbocycles. The summed E-state index contributed by atoms with van der Waals surface area (Å²) in [6.45, 7) is 3.21. The number of rotatable bonds is 5. The first-order valence-electron chi connectivity index (χ1n) is 9.91. The van der Waals surface area contributed by atoms with Crippen molar-refractivity contribution in [2.45, 2.75) is 25.7 Å². The predicted octanol–water partition coefficient (Wildman–Crippen LogP) is 4.27. The molecule has 2 heterocycles. The molecule has 11 heteroatoms. The molecular weight excluding hydrogens is 541 g/mol. The molecule has 32 heavy (non-hydrogen) atoms. The minimum atomic E-state index is -4.22. The highest BCUT2D eigenvalue weighted by atomic mass is 127. The second-order valence-corrected chi connectivity index (χ2v) is 7.20. The van der Waals surface area contributed by atoms with Crippen LogP contribution in [0.15, 0.2) is 47.6 Å². The number of aromatic nitrogens is 1. The van der Waals surface area contributed by atoms with Crippen molar-refractivity contribution in [3.8, 4) is 11.6 Å². The Balaban J connectivity index is 0.00000363. The van der Waals surface area contributed by atoms with Crippen molar-refractivity contribution in [3.63, 3.8) is 0 Å². The number of aliphatic imine (C=N–C) groups is 1. The first-order valence-corrected chi connectivity index (χ1v) is 9.91. The lowest BCUT2D eigenvalue weighted by molar-refractivity contribution is -0.181. The summed E-state index contributed by atoms with van der Waals surface area (Å²) in [6.07, 6.45) is -2.57. The van der Waals surface area contributed by atoms with E-state index in [4.69, 9.17) is 4.74 Å². The SMILES string of the molecule is CN=C(NCc1ccc(Oc2ccc(F)cc2)nc1)N1CCN(C(C)C(F)(F)F)CC1.I. The third-order valence-electron chi connectivity index (χ3n) is 5.13. The fraction of sp³-hybridized carbons (Fsp3) is 0.429. The molecule has 6 nitrogen and oxygen atoms in total. The van der Waals surface area contributed by atoms with Crippen LogP contribution in [0.1, 0.15) is 12.5 Å². The summed E-state index contributed by atoms with van der Waals surface area (Å²) in [6, 6.07) is 7.75. The van der Waals surface area contributed by atoms with Gasteiger partial charge in [0.05, 0.1) is 0 Å². The molecule has 1 unspecified atom stereocenters. The summed E-state index contributed by atoms with van der Waals surface area (Å²) in [5.41, 5.74) is 0.886. The Labute approximate surface area is 201 Å². The van der Waals surface area contributed by atoms with Crippen molar-refractivity contribution in [1.29, 1.82) is 0 Å². The highest BCUT2D eigenvalue weighted by Gasteiger charge is 2.41. The number of nitrogens with one attached hydrogen (secondary N) is 1. The van der Waals surface area contributed by atoms with Gasteiger partial charge < -0.3 is 15.0 Å². The maximum absolute atomic E-state index is 13.0. The zero-order valence-electron chi connectivity index (χ0n) is 17.8. The van der Waals surface area contributed by atoms with E-state index >= 15 is 0 Å². The molecule has 0 bridgehead atoms. The Kier molecular flexibility index (Phi) is 9.49. The van der Waals surface area contributed by atoms with E-state index in [-0.39, 0.29) is 29.8 Å². The topological polar surface area (TPSA) is 53.0 Å². The minimum Gasteiger partial charge on any atom is -0.439 e. The van der Waals surface area contributed by atoms with Gasteiger partial charge in [-0.05, 0) is 36.8 Å². The van der Waals surface area contributed by atoms with E-state index in [0.29, 0.717) is 50.3 Å². The standard InChI is InChI=1S/C21H25F4N5O.HI/c1-15(21(23,24)25)29-9-11-30(12-10-29)20(26-2)28-14-16-3-8-19(27-13-16)31-18-6-4-17(22)5-7-18;/h3-8,13,15H,9-12,14H2,1-2H3,(H,26,28);1H. The van der Waals surface area contributed by atoms with Gasteiger partial charge in [-0.15, -0.1) is 24.0 Å². The zero-order valence-corrected chi connectivity index (χ0v) is 20.1. The summed E-state index contributed by atoms with van der Waals surface area (Å²) in [5.74, 6) is 1.16. The van der Waals surface area contributed by atoms with E-state index in [1.807, 2.05) is 11.0 Å². The fourth-order valence-corrected chi connectivity index (χ4v) is 3.24. The zero-order chi connectivity index (χ0) is 22.4. The molecule has 0 saturated carbocycles. The molecule has 0 aliphatic carbocycles. The number of nitrogens with zero attached hydrogens (tertiary/aromatic N) is 4. The lowest BCUT2D eigenvalue weighted by atomic mass is 10.2. The van der Waals surface area contributed by atoms with Crippen molar-refractivity contribution in [3.05, 3.63) is 54.0 Å². The number of halogens is 5. The summed E-state index contributed by atoms with van der Waals surface area (Å²) >= 11 is 0. The smallest absolute Gasteiger partial charge is 0.403 e. The number of benzene rings is 1. The number of ether oxygens (including phenoxy) is 1. The van der Waals surface area contributed by atoms with Crippen LogP contribution >= 0.6 is 24.0 Å². The van der Waals surface area contributed by atoms with Gasteiger partial charge in [-0.25, -0.2) is 9.37 Å². The van der Waals surface area contributed by atoms with E-state index in [9.17, 15) is 17.6 Å². The molecule has 1 fully saturated rings. The van der Waals surface area contributed by atoms with Crippen LogP contribution in [-0.2, 0) is 6.54 Å². The van der Waals surface area contributed by atoms with Crippen molar-refractivity contribution in [2.75, 3.05) is 33.2 Å². The summed E-state index contributed by atoms with van der Waals surface area (Å²) in [7, 11) is 1.64. The Morgan fingerprint density at radius 3 is 2.31 bits per heavy atom. The van der Waals surface area contributed by atoms with Gasteiger partial charge >= 0.3 is 6.18 Å². The molecule has 1 aliphatic heterocycles. The molecule has 1 saturated heterocycles. The largest absolute Gasteiger partial charge is 0.439 e. The van der Waals surface area contributed by atoms with E-state index in [1.54, 1.807) is 19.3 Å². The summed E-state index contributed by atoms with van der Waals surface area (Å²) in [4.78, 5) is 11.9. The van der Waals surface area contributed by atoms with Crippen molar-refractivity contribution < 1.29 is 22.3 Å². The Morgan fingerprint density at radius 2 is 1.78 bits per heavy atom. The highest BCUT2D eigenvalue weighted by Crippen LogP contribution is 2.25. The monoisotopic (exact) mass is 567 g/mol. The number of alkyl halides is 3. The quantitative estimate of drug-likeness (QED) is 0.253. The maximum Gasteiger partial charge on any atom is 0.403 e.